The minimum atomic E-state index is -0.338. The van der Waals surface area contributed by atoms with Crippen molar-refractivity contribution in [2.45, 2.75) is 6.17 Å². The first-order valence-electron chi connectivity index (χ1n) is 3.96. The lowest BCUT2D eigenvalue weighted by atomic mass is 10.1. The van der Waals surface area contributed by atoms with Gasteiger partial charge in [-0.15, -0.1) is 6.42 Å². The molecule has 1 unspecified atom stereocenters. The lowest BCUT2D eigenvalue weighted by Crippen LogP contribution is -2.28. The number of terminal acetylenes is 1. The number of fused-ring (bicyclic) bond motifs is 1. The zero-order chi connectivity index (χ0) is 9.26. The van der Waals surface area contributed by atoms with E-state index >= 15 is 0 Å². The van der Waals surface area contributed by atoms with Crippen LogP contribution in [0.2, 0.25) is 0 Å². The van der Waals surface area contributed by atoms with Gasteiger partial charge < -0.3 is 11.1 Å². The molecule has 0 radical (unpaired) electrons. The molecule has 1 heterocycles. The van der Waals surface area contributed by atoms with Gasteiger partial charge in [-0.05, 0) is 12.1 Å². The zero-order valence-electron chi connectivity index (χ0n) is 6.99. The van der Waals surface area contributed by atoms with Crippen molar-refractivity contribution in [1.29, 1.82) is 0 Å². The van der Waals surface area contributed by atoms with Crippen LogP contribution in [-0.4, -0.2) is 12.0 Å². The SMILES string of the molecule is C#CC1N=C(N)c2ccccc2N1. The fourth-order valence-corrected chi connectivity index (χ4v) is 1.30. The van der Waals surface area contributed by atoms with Crippen LogP contribution < -0.4 is 11.1 Å². The molecule has 3 heteroatoms. The maximum absolute atomic E-state index is 5.73. The number of benzene rings is 1. The fourth-order valence-electron chi connectivity index (χ4n) is 1.30. The highest BCUT2D eigenvalue weighted by Crippen LogP contribution is 2.19. The minimum Gasteiger partial charge on any atom is -0.383 e. The lowest BCUT2D eigenvalue weighted by molar-refractivity contribution is 0.956. The van der Waals surface area contributed by atoms with Gasteiger partial charge in [0.1, 0.15) is 5.84 Å². The first kappa shape index (κ1) is 7.69. The third kappa shape index (κ3) is 1.23. The van der Waals surface area contributed by atoms with Gasteiger partial charge in [-0.25, -0.2) is 4.99 Å². The highest BCUT2D eigenvalue weighted by molar-refractivity contribution is 6.04. The third-order valence-corrected chi connectivity index (χ3v) is 1.92. The first-order chi connectivity index (χ1) is 6.31. The van der Waals surface area contributed by atoms with E-state index in [1.807, 2.05) is 24.3 Å². The molecule has 2 rings (SSSR count). The van der Waals surface area contributed by atoms with E-state index < -0.39 is 0 Å². The average Bonchev–Trinajstić information content (AvgIpc) is 2.18. The standard InChI is InChI=1S/C10H9N3/c1-2-9-12-8-6-4-3-5-7(8)10(11)13-9/h1,3-6,9,12H,(H2,11,13). The lowest BCUT2D eigenvalue weighted by Gasteiger charge is -2.19. The van der Waals surface area contributed by atoms with Crippen molar-refractivity contribution in [2.24, 2.45) is 10.7 Å². The van der Waals surface area contributed by atoms with E-state index in [-0.39, 0.29) is 6.17 Å². The summed E-state index contributed by atoms with van der Waals surface area (Å²) in [6.45, 7) is 0. The average molecular weight is 171 g/mol. The van der Waals surface area contributed by atoms with Crippen molar-refractivity contribution in [2.75, 3.05) is 5.32 Å². The Morgan fingerprint density at radius 2 is 2.23 bits per heavy atom. The number of nitrogens with zero attached hydrogens (tertiary/aromatic N) is 1. The first-order valence-corrected chi connectivity index (χ1v) is 3.96. The molecule has 0 saturated carbocycles. The van der Waals surface area contributed by atoms with Crippen LogP contribution >= 0.6 is 0 Å². The van der Waals surface area contributed by atoms with Crippen molar-refractivity contribution in [3.63, 3.8) is 0 Å². The second-order valence-corrected chi connectivity index (χ2v) is 2.77. The molecule has 0 aromatic heterocycles. The summed E-state index contributed by atoms with van der Waals surface area (Å²) >= 11 is 0. The summed E-state index contributed by atoms with van der Waals surface area (Å²) in [6.07, 6.45) is 4.91. The molecule has 1 atom stereocenters. The molecule has 1 aliphatic rings. The summed E-state index contributed by atoms with van der Waals surface area (Å²) in [5.74, 6) is 2.99. The second kappa shape index (κ2) is 2.83. The van der Waals surface area contributed by atoms with E-state index in [2.05, 4.69) is 16.2 Å². The van der Waals surface area contributed by atoms with E-state index in [9.17, 15) is 0 Å². The van der Waals surface area contributed by atoms with E-state index in [1.165, 1.54) is 0 Å². The predicted octanol–water partition coefficient (Wildman–Crippen LogP) is 0.777. The maximum Gasteiger partial charge on any atom is 0.183 e. The molecule has 1 aliphatic heterocycles. The molecule has 0 amide bonds. The molecule has 0 saturated heterocycles. The van der Waals surface area contributed by atoms with Crippen LogP contribution in [0, 0.1) is 12.3 Å². The van der Waals surface area contributed by atoms with Crippen LogP contribution in [0.25, 0.3) is 0 Å². The highest BCUT2D eigenvalue weighted by atomic mass is 15.1. The molecule has 0 spiro atoms. The van der Waals surface area contributed by atoms with Crippen molar-refractivity contribution in [1.82, 2.24) is 0 Å². The maximum atomic E-state index is 5.73. The Hall–Kier alpha value is -1.95. The van der Waals surface area contributed by atoms with E-state index in [0.717, 1.165) is 11.3 Å². The molecule has 1 aromatic rings. The number of nitrogens with one attached hydrogen (secondary N) is 1. The number of amidine groups is 1. The van der Waals surface area contributed by atoms with Gasteiger partial charge in [0.05, 0.1) is 0 Å². The smallest absolute Gasteiger partial charge is 0.183 e. The quantitative estimate of drug-likeness (QED) is 0.567. The van der Waals surface area contributed by atoms with Gasteiger partial charge >= 0.3 is 0 Å². The van der Waals surface area contributed by atoms with Crippen LogP contribution in [0.5, 0.6) is 0 Å². The van der Waals surface area contributed by atoms with Gasteiger partial charge in [0.15, 0.2) is 6.17 Å². The van der Waals surface area contributed by atoms with Crippen LogP contribution in [-0.2, 0) is 0 Å². The largest absolute Gasteiger partial charge is 0.383 e. The molecule has 0 bridgehead atoms. The van der Waals surface area contributed by atoms with Crippen LogP contribution in [0.1, 0.15) is 5.56 Å². The van der Waals surface area contributed by atoms with Gasteiger partial charge in [0, 0.05) is 11.3 Å². The zero-order valence-corrected chi connectivity index (χ0v) is 6.99. The Morgan fingerprint density at radius 1 is 1.46 bits per heavy atom. The van der Waals surface area contributed by atoms with Gasteiger partial charge in [0.2, 0.25) is 0 Å². The highest BCUT2D eigenvalue weighted by Gasteiger charge is 2.15. The molecule has 13 heavy (non-hydrogen) atoms. The van der Waals surface area contributed by atoms with E-state index in [1.54, 1.807) is 0 Å². The summed E-state index contributed by atoms with van der Waals surface area (Å²) in [5, 5.41) is 3.07. The van der Waals surface area contributed by atoms with Gasteiger partial charge in [-0.3, -0.25) is 0 Å². The molecule has 64 valence electrons. The number of rotatable bonds is 0. The van der Waals surface area contributed by atoms with Crippen molar-refractivity contribution in [3.05, 3.63) is 29.8 Å². The summed E-state index contributed by atoms with van der Waals surface area (Å²) in [7, 11) is 0. The monoisotopic (exact) mass is 171 g/mol. The Bertz CT molecular complexity index is 401. The van der Waals surface area contributed by atoms with Gasteiger partial charge in [-0.2, -0.15) is 0 Å². The Labute approximate surface area is 76.7 Å². The van der Waals surface area contributed by atoms with E-state index in [0.29, 0.717) is 5.84 Å². The van der Waals surface area contributed by atoms with Crippen molar-refractivity contribution in [3.8, 4) is 12.3 Å². The Morgan fingerprint density at radius 3 is 3.00 bits per heavy atom. The number of para-hydroxylation sites is 1. The molecular weight excluding hydrogens is 162 g/mol. The summed E-state index contributed by atoms with van der Waals surface area (Å²) < 4.78 is 0. The predicted molar refractivity (Wildman–Crippen MR) is 53.4 cm³/mol. The number of nitrogens with two attached hydrogens (primary N) is 1. The fraction of sp³-hybridized carbons (Fsp3) is 0.100. The molecule has 0 aliphatic carbocycles. The topological polar surface area (TPSA) is 50.4 Å². The van der Waals surface area contributed by atoms with Crippen LogP contribution in [0.15, 0.2) is 29.3 Å². The van der Waals surface area contributed by atoms with Crippen molar-refractivity contribution >= 4 is 11.5 Å². The van der Waals surface area contributed by atoms with Crippen LogP contribution in [0.3, 0.4) is 0 Å². The Balaban J connectivity index is 2.50. The van der Waals surface area contributed by atoms with Crippen LogP contribution in [0.4, 0.5) is 5.69 Å². The van der Waals surface area contributed by atoms with Gasteiger partial charge in [-0.1, -0.05) is 18.1 Å². The molecule has 0 fully saturated rings. The summed E-state index contributed by atoms with van der Waals surface area (Å²) in [4.78, 5) is 4.09. The van der Waals surface area contributed by atoms with E-state index in [4.69, 9.17) is 12.2 Å². The van der Waals surface area contributed by atoms with Gasteiger partial charge in [0.25, 0.3) is 0 Å². The second-order valence-electron chi connectivity index (χ2n) is 2.77. The summed E-state index contributed by atoms with van der Waals surface area (Å²) in [5.41, 5.74) is 7.58. The molecule has 1 aromatic carbocycles. The molecule has 3 nitrogen and oxygen atoms in total. The number of hydrogen-bond acceptors (Lipinski definition) is 3. The minimum absolute atomic E-state index is 0.338. The summed E-state index contributed by atoms with van der Waals surface area (Å²) in [6, 6.07) is 7.69. The molecular formula is C10H9N3. The third-order valence-electron chi connectivity index (χ3n) is 1.92. The Kier molecular flexibility index (Phi) is 1.67. The molecule has 3 N–H and O–H groups in total. The number of anilines is 1. The number of aliphatic imine (C=N–C) groups is 1. The van der Waals surface area contributed by atoms with Crippen molar-refractivity contribution < 1.29 is 0 Å². The number of hydrogen-bond donors (Lipinski definition) is 2. The normalized spacial score (nSPS) is 19.3.